The maximum absolute atomic E-state index is 12.1. The van der Waals surface area contributed by atoms with Crippen molar-refractivity contribution >= 4 is 17.9 Å². The lowest BCUT2D eigenvalue weighted by Gasteiger charge is -2.14. The minimum absolute atomic E-state index is 0.0975. The Kier molecular flexibility index (Phi) is 5.13. The summed E-state index contributed by atoms with van der Waals surface area (Å²) in [4.78, 5) is 33.2. The van der Waals surface area contributed by atoms with Crippen LogP contribution in [0.3, 0.4) is 0 Å². The number of urea groups is 1. The molecule has 1 aliphatic rings. The maximum atomic E-state index is 12.1. The number of nitrogens with one attached hydrogen (secondary N) is 2. The van der Waals surface area contributed by atoms with E-state index in [0.29, 0.717) is 32.1 Å². The highest BCUT2D eigenvalue weighted by atomic mass is 16.2. The number of hydrogen-bond donors (Lipinski definition) is 3. The van der Waals surface area contributed by atoms with Gasteiger partial charge in [0, 0.05) is 31.9 Å². The van der Waals surface area contributed by atoms with Crippen molar-refractivity contribution < 1.29 is 9.59 Å². The number of carbonyl (C=O) groups excluding carboxylic acids is 2. The van der Waals surface area contributed by atoms with Crippen LogP contribution < -0.4 is 16.4 Å². The van der Waals surface area contributed by atoms with Crippen LogP contribution >= 0.6 is 0 Å². The number of carbonyl (C=O) groups is 2. The van der Waals surface area contributed by atoms with Crippen molar-refractivity contribution in [2.45, 2.75) is 20.3 Å². The molecule has 0 spiro atoms. The van der Waals surface area contributed by atoms with Gasteiger partial charge >= 0.3 is 6.03 Å². The lowest BCUT2D eigenvalue weighted by Crippen LogP contribution is -2.37. The van der Waals surface area contributed by atoms with Crippen molar-refractivity contribution in [3.05, 3.63) is 17.5 Å². The Bertz CT molecular complexity index is 560. The summed E-state index contributed by atoms with van der Waals surface area (Å²) < 4.78 is 0. The molecule has 1 fully saturated rings. The first-order valence-corrected chi connectivity index (χ1v) is 7.40. The van der Waals surface area contributed by atoms with Crippen LogP contribution in [0.4, 0.5) is 10.7 Å². The second-order valence-electron chi connectivity index (χ2n) is 5.68. The highest BCUT2D eigenvalue weighted by molar-refractivity contribution is 5.92. The van der Waals surface area contributed by atoms with E-state index in [4.69, 9.17) is 5.73 Å². The molecule has 1 aromatic rings. The maximum Gasteiger partial charge on any atom is 0.317 e. The van der Waals surface area contributed by atoms with Gasteiger partial charge in [-0.05, 0) is 18.4 Å². The molecule has 0 aliphatic carbocycles. The van der Waals surface area contributed by atoms with Gasteiger partial charge in [-0.1, -0.05) is 13.8 Å². The molecular formula is C14H22N6O2. The molecule has 4 N–H and O–H groups in total. The standard InChI is InChI=1S/C14H22N6O2/c1-9(2)7-10-8-11(19-13(15)18-10)12(21)16-3-5-20-6-4-17-14(20)22/h8-9H,3-7H2,1-2H3,(H,16,21)(H,17,22)(H2,15,18,19). The van der Waals surface area contributed by atoms with Crippen LogP contribution in [-0.4, -0.2) is 53.0 Å². The number of hydrogen-bond acceptors (Lipinski definition) is 5. The summed E-state index contributed by atoms with van der Waals surface area (Å²) in [7, 11) is 0. The van der Waals surface area contributed by atoms with Gasteiger partial charge in [-0.2, -0.15) is 0 Å². The Balaban J connectivity index is 1.91. The van der Waals surface area contributed by atoms with Gasteiger partial charge in [0.2, 0.25) is 5.95 Å². The Hall–Kier alpha value is -2.38. The molecule has 1 aliphatic heterocycles. The fraction of sp³-hybridized carbons (Fsp3) is 0.571. The van der Waals surface area contributed by atoms with E-state index in [1.54, 1.807) is 11.0 Å². The van der Waals surface area contributed by atoms with Gasteiger partial charge < -0.3 is 21.3 Å². The van der Waals surface area contributed by atoms with Crippen LogP contribution in [0.1, 0.15) is 30.0 Å². The van der Waals surface area contributed by atoms with Gasteiger partial charge in [0.25, 0.3) is 5.91 Å². The molecule has 0 radical (unpaired) electrons. The minimum atomic E-state index is -0.307. The first-order valence-electron chi connectivity index (χ1n) is 7.40. The summed E-state index contributed by atoms with van der Waals surface area (Å²) in [6, 6.07) is 1.56. The predicted molar refractivity (Wildman–Crippen MR) is 82.3 cm³/mol. The molecular weight excluding hydrogens is 284 g/mol. The van der Waals surface area contributed by atoms with E-state index >= 15 is 0 Å². The zero-order chi connectivity index (χ0) is 16.1. The highest BCUT2D eigenvalue weighted by Gasteiger charge is 2.19. The molecule has 1 aromatic heterocycles. The Morgan fingerprint density at radius 1 is 1.50 bits per heavy atom. The molecule has 8 nitrogen and oxygen atoms in total. The fourth-order valence-corrected chi connectivity index (χ4v) is 2.28. The molecule has 120 valence electrons. The van der Waals surface area contributed by atoms with E-state index in [2.05, 4.69) is 34.4 Å². The van der Waals surface area contributed by atoms with E-state index in [-0.39, 0.29) is 23.6 Å². The third-order valence-electron chi connectivity index (χ3n) is 3.26. The van der Waals surface area contributed by atoms with Crippen molar-refractivity contribution in [2.75, 3.05) is 31.9 Å². The Labute approximate surface area is 129 Å². The number of nitrogens with zero attached hydrogens (tertiary/aromatic N) is 3. The van der Waals surface area contributed by atoms with E-state index in [1.165, 1.54) is 0 Å². The average molecular weight is 306 g/mol. The van der Waals surface area contributed by atoms with Crippen LogP contribution in [0.15, 0.2) is 6.07 Å². The second-order valence-corrected chi connectivity index (χ2v) is 5.68. The summed E-state index contributed by atoms with van der Waals surface area (Å²) in [5.74, 6) is 0.208. The lowest BCUT2D eigenvalue weighted by molar-refractivity contribution is 0.0945. The summed E-state index contributed by atoms with van der Waals surface area (Å²) >= 11 is 0. The number of anilines is 1. The molecule has 2 rings (SSSR count). The Morgan fingerprint density at radius 3 is 2.91 bits per heavy atom. The molecule has 1 saturated heterocycles. The van der Waals surface area contributed by atoms with Crippen LogP contribution in [0, 0.1) is 5.92 Å². The summed E-state index contributed by atoms with van der Waals surface area (Å²) in [6.07, 6.45) is 0.737. The van der Waals surface area contributed by atoms with Gasteiger partial charge in [-0.3, -0.25) is 4.79 Å². The van der Waals surface area contributed by atoms with Crippen LogP contribution in [0.2, 0.25) is 0 Å². The minimum Gasteiger partial charge on any atom is -0.368 e. The summed E-state index contributed by atoms with van der Waals surface area (Å²) in [5, 5.41) is 5.46. The predicted octanol–water partition coefficient (Wildman–Crippen LogP) is 0.0123. The number of rotatable bonds is 6. The van der Waals surface area contributed by atoms with E-state index in [9.17, 15) is 9.59 Å². The number of nitrogen functional groups attached to an aromatic ring is 1. The van der Waals surface area contributed by atoms with Gasteiger partial charge in [-0.15, -0.1) is 0 Å². The van der Waals surface area contributed by atoms with Gasteiger partial charge in [0.1, 0.15) is 5.69 Å². The third-order valence-corrected chi connectivity index (χ3v) is 3.26. The molecule has 22 heavy (non-hydrogen) atoms. The number of aromatic nitrogens is 2. The number of nitrogens with two attached hydrogens (primary N) is 1. The largest absolute Gasteiger partial charge is 0.368 e. The van der Waals surface area contributed by atoms with Gasteiger partial charge in [-0.25, -0.2) is 14.8 Å². The SMILES string of the molecule is CC(C)Cc1cc(C(=O)NCCN2CCNC2=O)nc(N)n1. The second kappa shape index (κ2) is 7.06. The number of amides is 3. The first kappa shape index (κ1) is 16.0. The van der Waals surface area contributed by atoms with E-state index < -0.39 is 0 Å². The highest BCUT2D eigenvalue weighted by Crippen LogP contribution is 2.08. The topological polar surface area (TPSA) is 113 Å². The van der Waals surface area contributed by atoms with Crippen LogP contribution in [-0.2, 0) is 6.42 Å². The average Bonchev–Trinajstić information content (AvgIpc) is 2.83. The van der Waals surface area contributed by atoms with Crippen molar-refractivity contribution in [3.8, 4) is 0 Å². The van der Waals surface area contributed by atoms with Crippen LogP contribution in [0.5, 0.6) is 0 Å². The molecule has 3 amide bonds. The van der Waals surface area contributed by atoms with E-state index in [0.717, 1.165) is 12.1 Å². The first-order chi connectivity index (χ1) is 10.5. The molecule has 2 heterocycles. The molecule has 0 atom stereocenters. The van der Waals surface area contributed by atoms with Crippen LogP contribution in [0.25, 0.3) is 0 Å². The van der Waals surface area contributed by atoms with Crippen molar-refractivity contribution in [3.63, 3.8) is 0 Å². The molecule has 0 unspecified atom stereocenters. The Morgan fingerprint density at radius 2 is 2.27 bits per heavy atom. The molecule has 0 bridgehead atoms. The van der Waals surface area contributed by atoms with Crippen molar-refractivity contribution in [2.24, 2.45) is 5.92 Å². The summed E-state index contributed by atoms with van der Waals surface area (Å²) in [5.41, 5.74) is 6.67. The zero-order valence-electron chi connectivity index (χ0n) is 12.9. The molecule has 8 heteroatoms. The smallest absolute Gasteiger partial charge is 0.317 e. The van der Waals surface area contributed by atoms with Gasteiger partial charge in [0.15, 0.2) is 0 Å². The third kappa shape index (κ3) is 4.31. The van der Waals surface area contributed by atoms with Crippen molar-refractivity contribution in [1.29, 1.82) is 0 Å². The van der Waals surface area contributed by atoms with Gasteiger partial charge in [0.05, 0.1) is 0 Å². The van der Waals surface area contributed by atoms with E-state index in [1.807, 2.05) is 0 Å². The monoisotopic (exact) mass is 306 g/mol. The summed E-state index contributed by atoms with van der Waals surface area (Å²) in [6.45, 7) is 6.28. The molecule has 0 aromatic carbocycles. The fourth-order valence-electron chi connectivity index (χ4n) is 2.28. The molecule has 0 saturated carbocycles. The quantitative estimate of drug-likeness (QED) is 0.685. The van der Waals surface area contributed by atoms with Crippen molar-refractivity contribution in [1.82, 2.24) is 25.5 Å². The zero-order valence-corrected chi connectivity index (χ0v) is 12.9. The normalized spacial score (nSPS) is 14.3. The lowest BCUT2D eigenvalue weighted by atomic mass is 10.1.